The second kappa shape index (κ2) is 15.4. The summed E-state index contributed by atoms with van der Waals surface area (Å²) in [4.78, 5) is 0. The van der Waals surface area contributed by atoms with Crippen molar-refractivity contribution in [3.8, 4) is 0 Å². The van der Waals surface area contributed by atoms with Gasteiger partial charge in [-0.15, -0.1) is 0 Å². The number of thiol groups is 1. The third-order valence-electron chi connectivity index (χ3n) is 3.26. The maximum atomic E-state index is 4.23. The summed E-state index contributed by atoms with van der Waals surface area (Å²) in [6.45, 7) is 2.29. The van der Waals surface area contributed by atoms with E-state index in [4.69, 9.17) is 0 Å². The molecule has 98 valence electrons. The van der Waals surface area contributed by atoms with Crippen LogP contribution in [0.15, 0.2) is 0 Å². The molecule has 0 nitrogen and oxygen atoms in total. The number of rotatable bonds is 13. The van der Waals surface area contributed by atoms with Gasteiger partial charge < -0.3 is 0 Å². The van der Waals surface area contributed by atoms with Crippen LogP contribution < -0.4 is 0 Å². The third-order valence-corrected chi connectivity index (χ3v) is 3.58. The Labute approximate surface area is 109 Å². The Morgan fingerprint density at radius 1 is 0.500 bits per heavy atom. The Kier molecular flexibility index (Phi) is 15.7. The quantitative estimate of drug-likeness (QED) is 0.298. The lowest BCUT2D eigenvalue weighted by Gasteiger charge is -2.02. The summed E-state index contributed by atoms with van der Waals surface area (Å²) in [6.07, 6.45) is 18.6. The van der Waals surface area contributed by atoms with E-state index in [0.29, 0.717) is 0 Å². The maximum Gasteiger partial charge on any atom is -0.00979 e. The van der Waals surface area contributed by atoms with Crippen molar-refractivity contribution in [2.24, 2.45) is 0 Å². The molecule has 0 unspecified atom stereocenters. The van der Waals surface area contributed by atoms with E-state index in [9.17, 15) is 0 Å². The predicted molar refractivity (Wildman–Crippen MR) is 79.5 cm³/mol. The fourth-order valence-electron chi connectivity index (χ4n) is 2.13. The zero-order valence-corrected chi connectivity index (χ0v) is 12.2. The molecular weight excluding hydrogens is 212 g/mol. The molecule has 1 heteroatoms. The van der Waals surface area contributed by atoms with Crippen molar-refractivity contribution in [2.75, 3.05) is 5.75 Å². The monoisotopic (exact) mass is 244 g/mol. The molecule has 0 amide bonds. The molecular formula is C15H32S. The van der Waals surface area contributed by atoms with Gasteiger partial charge in [0.1, 0.15) is 0 Å². The largest absolute Gasteiger partial charge is 0.179 e. The van der Waals surface area contributed by atoms with Gasteiger partial charge in [0.25, 0.3) is 0 Å². The van der Waals surface area contributed by atoms with Crippen LogP contribution in [-0.2, 0) is 0 Å². The Balaban J connectivity index is 2.83. The summed E-state index contributed by atoms with van der Waals surface area (Å²) in [5.74, 6) is 1.07. The molecule has 0 saturated heterocycles. The van der Waals surface area contributed by atoms with E-state index in [0.717, 1.165) is 5.75 Å². The van der Waals surface area contributed by atoms with Crippen molar-refractivity contribution in [2.45, 2.75) is 90.4 Å². The smallest absolute Gasteiger partial charge is 0.00979 e. The summed E-state index contributed by atoms with van der Waals surface area (Å²) in [7, 11) is 0. The molecule has 0 heterocycles. The normalized spacial score (nSPS) is 10.9. The average molecular weight is 244 g/mol. The van der Waals surface area contributed by atoms with Gasteiger partial charge in [0.15, 0.2) is 0 Å². The molecule has 0 radical (unpaired) electrons. The van der Waals surface area contributed by atoms with Gasteiger partial charge in [0, 0.05) is 0 Å². The van der Waals surface area contributed by atoms with Gasteiger partial charge in [0.2, 0.25) is 0 Å². The van der Waals surface area contributed by atoms with Gasteiger partial charge in [-0.25, -0.2) is 0 Å². The highest BCUT2D eigenvalue weighted by atomic mass is 32.1. The molecule has 0 atom stereocenters. The van der Waals surface area contributed by atoms with Crippen LogP contribution >= 0.6 is 12.6 Å². The molecule has 0 aliphatic heterocycles. The lowest BCUT2D eigenvalue weighted by Crippen LogP contribution is -1.83. The maximum absolute atomic E-state index is 4.23. The molecule has 0 rings (SSSR count). The molecule has 0 aromatic carbocycles. The fraction of sp³-hybridized carbons (Fsp3) is 1.00. The molecule has 16 heavy (non-hydrogen) atoms. The van der Waals surface area contributed by atoms with Crippen LogP contribution in [0.25, 0.3) is 0 Å². The first-order valence-corrected chi connectivity index (χ1v) is 8.16. The van der Waals surface area contributed by atoms with E-state index in [1.165, 1.54) is 83.5 Å². The first-order valence-electron chi connectivity index (χ1n) is 7.52. The van der Waals surface area contributed by atoms with Gasteiger partial charge in [-0.05, 0) is 12.2 Å². The van der Waals surface area contributed by atoms with E-state index in [1.807, 2.05) is 0 Å². The number of unbranched alkanes of at least 4 members (excludes halogenated alkanes) is 12. The Bertz CT molecular complexity index is 98.0. The molecule has 0 bridgehead atoms. The van der Waals surface area contributed by atoms with Gasteiger partial charge >= 0.3 is 0 Å². The predicted octanol–water partition coefficient (Wildman–Crippen LogP) is 6.01. The molecule has 0 saturated carbocycles. The van der Waals surface area contributed by atoms with E-state index < -0.39 is 0 Å². The average Bonchev–Trinajstić information content (AvgIpc) is 2.31. The van der Waals surface area contributed by atoms with E-state index >= 15 is 0 Å². The minimum absolute atomic E-state index is 1.07. The number of hydrogen-bond acceptors (Lipinski definition) is 1. The summed E-state index contributed by atoms with van der Waals surface area (Å²) in [6, 6.07) is 0. The molecule has 0 aliphatic rings. The first kappa shape index (κ1) is 16.4. The molecule has 0 aliphatic carbocycles. The highest BCUT2D eigenvalue weighted by Crippen LogP contribution is 2.12. The van der Waals surface area contributed by atoms with Crippen LogP contribution in [0.4, 0.5) is 0 Å². The Morgan fingerprint density at radius 2 is 0.812 bits per heavy atom. The summed E-state index contributed by atoms with van der Waals surface area (Å²) < 4.78 is 0. The van der Waals surface area contributed by atoms with Crippen LogP contribution in [0, 0.1) is 0 Å². The van der Waals surface area contributed by atoms with Crippen molar-refractivity contribution in [3.63, 3.8) is 0 Å². The van der Waals surface area contributed by atoms with Crippen molar-refractivity contribution in [3.05, 3.63) is 0 Å². The Hall–Kier alpha value is 0.350. The summed E-state index contributed by atoms with van der Waals surface area (Å²) in [5, 5.41) is 0. The van der Waals surface area contributed by atoms with Crippen LogP contribution in [0.3, 0.4) is 0 Å². The Morgan fingerprint density at radius 3 is 1.12 bits per heavy atom. The summed E-state index contributed by atoms with van der Waals surface area (Å²) >= 11 is 4.23. The van der Waals surface area contributed by atoms with Crippen LogP contribution in [-0.4, -0.2) is 5.75 Å². The van der Waals surface area contributed by atoms with Crippen LogP contribution in [0.5, 0.6) is 0 Å². The van der Waals surface area contributed by atoms with Gasteiger partial charge in [-0.1, -0.05) is 84.0 Å². The fourth-order valence-corrected chi connectivity index (χ4v) is 2.35. The highest BCUT2D eigenvalue weighted by molar-refractivity contribution is 7.80. The van der Waals surface area contributed by atoms with E-state index in [2.05, 4.69) is 19.6 Å². The lowest BCUT2D eigenvalue weighted by molar-refractivity contribution is 0.543. The van der Waals surface area contributed by atoms with Gasteiger partial charge in [-0.3, -0.25) is 0 Å². The second-order valence-electron chi connectivity index (χ2n) is 4.97. The second-order valence-corrected chi connectivity index (χ2v) is 5.41. The molecule has 0 aromatic rings. The van der Waals surface area contributed by atoms with Gasteiger partial charge in [-0.2, -0.15) is 12.6 Å². The molecule has 0 aromatic heterocycles. The van der Waals surface area contributed by atoms with Crippen molar-refractivity contribution >= 4 is 12.6 Å². The molecule has 0 N–H and O–H groups in total. The SMILES string of the molecule is CCCCCCCCCCCCCCCS. The van der Waals surface area contributed by atoms with Crippen LogP contribution in [0.1, 0.15) is 90.4 Å². The molecule has 0 spiro atoms. The van der Waals surface area contributed by atoms with Crippen molar-refractivity contribution in [1.29, 1.82) is 0 Å². The van der Waals surface area contributed by atoms with Crippen molar-refractivity contribution in [1.82, 2.24) is 0 Å². The topological polar surface area (TPSA) is 0 Å². The van der Waals surface area contributed by atoms with E-state index in [-0.39, 0.29) is 0 Å². The van der Waals surface area contributed by atoms with Crippen molar-refractivity contribution < 1.29 is 0 Å². The van der Waals surface area contributed by atoms with Crippen LogP contribution in [0.2, 0.25) is 0 Å². The standard InChI is InChI=1S/C15H32S/c1-2-3-4-5-6-7-8-9-10-11-12-13-14-15-16/h16H,2-15H2,1H3. The molecule has 0 fully saturated rings. The lowest BCUT2D eigenvalue weighted by atomic mass is 10.1. The van der Waals surface area contributed by atoms with E-state index in [1.54, 1.807) is 0 Å². The minimum atomic E-state index is 1.07. The number of hydrogen-bond donors (Lipinski definition) is 1. The first-order chi connectivity index (χ1) is 7.91. The summed E-state index contributed by atoms with van der Waals surface area (Å²) in [5.41, 5.74) is 0. The zero-order chi connectivity index (χ0) is 11.9. The van der Waals surface area contributed by atoms with Gasteiger partial charge in [0.05, 0.1) is 0 Å². The zero-order valence-electron chi connectivity index (χ0n) is 11.3. The highest BCUT2D eigenvalue weighted by Gasteiger charge is 1.92. The third kappa shape index (κ3) is 14.4. The minimum Gasteiger partial charge on any atom is -0.179 e.